The molecule has 0 aromatic carbocycles. The average Bonchev–Trinajstić information content (AvgIpc) is 2.72. The van der Waals surface area contributed by atoms with Crippen LogP contribution in [0.5, 0.6) is 0 Å². The summed E-state index contributed by atoms with van der Waals surface area (Å²) in [5.41, 5.74) is 1.15. The summed E-state index contributed by atoms with van der Waals surface area (Å²) >= 11 is 0. The van der Waals surface area contributed by atoms with Crippen LogP contribution in [-0.4, -0.2) is 73.3 Å². The molecule has 8 nitrogen and oxygen atoms in total. The minimum Gasteiger partial charge on any atom is -0.378 e. The molecule has 2 aliphatic rings. The number of aromatic nitrogens is 2. The fourth-order valence-corrected chi connectivity index (χ4v) is 3.86. The summed E-state index contributed by atoms with van der Waals surface area (Å²) in [4.78, 5) is 36.5. The van der Waals surface area contributed by atoms with E-state index in [-0.39, 0.29) is 11.5 Å². The van der Waals surface area contributed by atoms with Crippen LogP contribution < -0.4 is 15.8 Å². The largest absolute Gasteiger partial charge is 0.378 e. The van der Waals surface area contributed by atoms with Gasteiger partial charge in [-0.05, 0) is 52.2 Å². The highest BCUT2D eigenvalue weighted by Gasteiger charge is 2.17. The minimum absolute atomic E-state index is 0.00491. The molecule has 0 aliphatic carbocycles. The molecule has 0 bridgehead atoms. The van der Waals surface area contributed by atoms with E-state index in [1.807, 2.05) is 11.8 Å². The summed E-state index contributed by atoms with van der Waals surface area (Å²) in [6, 6.07) is 0. The fraction of sp³-hybridized carbons (Fsp3) is 0.750. The first-order chi connectivity index (χ1) is 13.6. The number of amides is 1. The Morgan fingerprint density at radius 3 is 2.64 bits per heavy atom. The summed E-state index contributed by atoms with van der Waals surface area (Å²) < 4.78 is 5.34. The van der Waals surface area contributed by atoms with Crippen LogP contribution in [0.15, 0.2) is 4.79 Å². The zero-order valence-corrected chi connectivity index (χ0v) is 17.0. The summed E-state index contributed by atoms with van der Waals surface area (Å²) in [5, 5.41) is 2.97. The van der Waals surface area contributed by atoms with Crippen molar-refractivity contribution in [3.8, 4) is 0 Å². The maximum Gasteiger partial charge on any atom is 0.255 e. The standard InChI is InChI=1S/C20H33N5O3/c1-16-17(19(27)23-20(22-16)25-12-14-28-15-13-25)6-7-18(26)21-8-5-11-24-9-3-2-4-10-24/h2-15H2,1H3,(H,21,26)(H,22,23,27). The lowest BCUT2D eigenvalue weighted by Crippen LogP contribution is -2.38. The first-order valence-electron chi connectivity index (χ1n) is 10.5. The number of hydrogen-bond acceptors (Lipinski definition) is 6. The topological polar surface area (TPSA) is 90.6 Å². The molecular formula is C20H33N5O3. The molecule has 1 amide bonds. The van der Waals surface area contributed by atoms with Gasteiger partial charge in [0.2, 0.25) is 11.9 Å². The highest BCUT2D eigenvalue weighted by Crippen LogP contribution is 2.11. The first-order valence-corrected chi connectivity index (χ1v) is 10.5. The molecule has 0 atom stereocenters. The Balaban J connectivity index is 1.41. The van der Waals surface area contributed by atoms with Crippen LogP contribution in [0.4, 0.5) is 5.95 Å². The molecule has 3 heterocycles. The summed E-state index contributed by atoms with van der Waals surface area (Å²) in [7, 11) is 0. The number of nitrogens with zero attached hydrogens (tertiary/aromatic N) is 3. The molecule has 0 unspecified atom stereocenters. The second kappa shape index (κ2) is 10.6. The van der Waals surface area contributed by atoms with Crippen molar-refractivity contribution in [3.63, 3.8) is 0 Å². The zero-order chi connectivity index (χ0) is 19.8. The number of ether oxygens (including phenoxy) is 1. The number of morpholine rings is 1. The third kappa shape index (κ3) is 6.04. The lowest BCUT2D eigenvalue weighted by atomic mass is 10.1. The van der Waals surface area contributed by atoms with E-state index in [4.69, 9.17) is 4.74 Å². The number of piperidine rings is 1. The van der Waals surface area contributed by atoms with Gasteiger partial charge in [0.15, 0.2) is 0 Å². The van der Waals surface area contributed by atoms with Crippen LogP contribution in [0.25, 0.3) is 0 Å². The number of aryl methyl sites for hydroxylation is 1. The van der Waals surface area contributed by atoms with E-state index in [9.17, 15) is 9.59 Å². The zero-order valence-electron chi connectivity index (χ0n) is 17.0. The Kier molecular flexibility index (Phi) is 7.85. The number of carbonyl (C=O) groups excluding carboxylic acids is 1. The van der Waals surface area contributed by atoms with Gasteiger partial charge in [-0.1, -0.05) is 6.42 Å². The summed E-state index contributed by atoms with van der Waals surface area (Å²) in [6.07, 6.45) is 5.62. The maximum absolute atomic E-state index is 12.5. The van der Waals surface area contributed by atoms with E-state index < -0.39 is 0 Å². The molecule has 1 aromatic rings. The molecular weight excluding hydrogens is 358 g/mol. The number of aromatic amines is 1. The molecule has 3 rings (SSSR count). The number of H-pyrrole nitrogens is 1. The van der Waals surface area contributed by atoms with Gasteiger partial charge in [-0.3, -0.25) is 14.6 Å². The highest BCUT2D eigenvalue weighted by atomic mass is 16.5. The molecule has 2 N–H and O–H groups in total. The van der Waals surface area contributed by atoms with Crippen LogP contribution in [0.3, 0.4) is 0 Å². The van der Waals surface area contributed by atoms with Gasteiger partial charge in [-0.25, -0.2) is 4.98 Å². The lowest BCUT2D eigenvalue weighted by Gasteiger charge is -2.27. The van der Waals surface area contributed by atoms with Crippen LogP contribution in [0.2, 0.25) is 0 Å². The summed E-state index contributed by atoms with van der Waals surface area (Å²) in [6.45, 7) is 8.68. The van der Waals surface area contributed by atoms with Crippen molar-refractivity contribution in [2.45, 2.75) is 45.4 Å². The highest BCUT2D eigenvalue weighted by molar-refractivity contribution is 5.76. The number of likely N-dealkylation sites (tertiary alicyclic amines) is 1. The second-order valence-corrected chi connectivity index (χ2v) is 7.66. The Bertz CT molecular complexity index is 694. The van der Waals surface area contributed by atoms with Crippen molar-refractivity contribution in [2.24, 2.45) is 0 Å². The number of carbonyl (C=O) groups is 1. The van der Waals surface area contributed by atoms with Gasteiger partial charge >= 0.3 is 0 Å². The van der Waals surface area contributed by atoms with Gasteiger partial charge in [-0.2, -0.15) is 0 Å². The van der Waals surface area contributed by atoms with Gasteiger partial charge < -0.3 is 19.9 Å². The van der Waals surface area contributed by atoms with Gasteiger partial charge in [0.1, 0.15) is 0 Å². The van der Waals surface area contributed by atoms with Crippen molar-refractivity contribution in [3.05, 3.63) is 21.6 Å². The monoisotopic (exact) mass is 391 g/mol. The predicted molar refractivity (Wildman–Crippen MR) is 109 cm³/mol. The number of nitrogens with one attached hydrogen (secondary N) is 2. The molecule has 0 spiro atoms. The van der Waals surface area contributed by atoms with E-state index in [1.165, 1.54) is 32.4 Å². The number of hydrogen-bond donors (Lipinski definition) is 2. The maximum atomic E-state index is 12.5. The second-order valence-electron chi connectivity index (χ2n) is 7.66. The van der Waals surface area contributed by atoms with E-state index in [1.54, 1.807) is 0 Å². The quantitative estimate of drug-likeness (QED) is 0.638. The Hall–Kier alpha value is -1.93. The average molecular weight is 392 g/mol. The van der Waals surface area contributed by atoms with E-state index in [2.05, 4.69) is 20.2 Å². The minimum atomic E-state index is -0.146. The Labute approximate surface area is 166 Å². The van der Waals surface area contributed by atoms with Crippen LogP contribution in [-0.2, 0) is 16.0 Å². The van der Waals surface area contributed by atoms with Crippen LogP contribution >= 0.6 is 0 Å². The molecule has 28 heavy (non-hydrogen) atoms. The predicted octanol–water partition coefficient (Wildman–Crippen LogP) is 0.840. The normalized spacial score (nSPS) is 18.2. The lowest BCUT2D eigenvalue weighted by molar-refractivity contribution is -0.121. The van der Waals surface area contributed by atoms with Crippen molar-refractivity contribution in [1.82, 2.24) is 20.2 Å². The van der Waals surface area contributed by atoms with Gasteiger partial charge in [0, 0.05) is 37.3 Å². The molecule has 8 heteroatoms. The Morgan fingerprint density at radius 2 is 1.93 bits per heavy atom. The molecule has 0 radical (unpaired) electrons. The smallest absolute Gasteiger partial charge is 0.255 e. The van der Waals surface area contributed by atoms with Crippen molar-refractivity contribution in [1.29, 1.82) is 0 Å². The van der Waals surface area contributed by atoms with Crippen LogP contribution in [0, 0.1) is 6.92 Å². The number of anilines is 1. The molecule has 2 aliphatic heterocycles. The van der Waals surface area contributed by atoms with E-state index in [0.717, 1.165) is 26.1 Å². The molecule has 1 aromatic heterocycles. The third-order valence-corrected chi connectivity index (χ3v) is 5.54. The fourth-order valence-electron chi connectivity index (χ4n) is 3.86. The first kappa shape index (κ1) is 20.8. The number of rotatable bonds is 8. The van der Waals surface area contributed by atoms with Gasteiger partial charge in [0.05, 0.1) is 13.2 Å². The molecule has 0 saturated carbocycles. The van der Waals surface area contributed by atoms with Crippen molar-refractivity contribution >= 4 is 11.9 Å². The van der Waals surface area contributed by atoms with E-state index in [0.29, 0.717) is 49.8 Å². The van der Waals surface area contributed by atoms with E-state index >= 15 is 0 Å². The van der Waals surface area contributed by atoms with Gasteiger partial charge in [0.25, 0.3) is 5.56 Å². The molecule has 2 saturated heterocycles. The third-order valence-electron chi connectivity index (χ3n) is 5.54. The SMILES string of the molecule is Cc1nc(N2CCOCC2)[nH]c(=O)c1CCC(=O)NCCCN1CCCCC1. The van der Waals surface area contributed by atoms with Crippen molar-refractivity contribution in [2.75, 3.05) is 57.4 Å². The van der Waals surface area contributed by atoms with Crippen molar-refractivity contribution < 1.29 is 9.53 Å². The van der Waals surface area contributed by atoms with Gasteiger partial charge in [-0.15, -0.1) is 0 Å². The molecule has 2 fully saturated rings. The Morgan fingerprint density at radius 1 is 1.18 bits per heavy atom. The van der Waals surface area contributed by atoms with Crippen LogP contribution in [0.1, 0.15) is 43.4 Å². The summed E-state index contributed by atoms with van der Waals surface area (Å²) in [5.74, 6) is 0.589. The molecule has 156 valence electrons.